The van der Waals surface area contributed by atoms with E-state index in [0.29, 0.717) is 17.4 Å². The molecule has 0 rings (SSSR count). The number of carbonyl (C=O) groups excluding carboxylic acids is 1. The summed E-state index contributed by atoms with van der Waals surface area (Å²) in [6.45, 7) is 4.76. The van der Waals surface area contributed by atoms with Gasteiger partial charge in [-0.1, -0.05) is 395 Å². The Labute approximate surface area is 567 Å². The molecule has 0 aliphatic carbocycles. The van der Waals surface area contributed by atoms with Crippen molar-refractivity contribution in [3.05, 3.63) is 72.9 Å². The van der Waals surface area contributed by atoms with Gasteiger partial charge in [0, 0.05) is 6.42 Å². The number of hydrogen-bond donors (Lipinski definition) is 3. The van der Waals surface area contributed by atoms with Crippen LogP contribution in [0.1, 0.15) is 393 Å². The van der Waals surface area contributed by atoms with Gasteiger partial charge in [0.15, 0.2) is 0 Å². The van der Waals surface area contributed by atoms with Crippen LogP contribution in [-0.2, 0) is 18.4 Å². The fraction of sp³-hybridized carbons (Fsp3) is 0.841. The van der Waals surface area contributed by atoms with Crippen molar-refractivity contribution in [3.63, 3.8) is 0 Å². The molecule has 0 aromatic carbocycles. The Morgan fingerprint density at radius 1 is 0.385 bits per heavy atom. The smallest absolute Gasteiger partial charge is 0.387 e. The van der Waals surface area contributed by atoms with Crippen molar-refractivity contribution < 1.29 is 32.9 Å². The lowest BCUT2D eigenvalue weighted by molar-refractivity contribution is -0.870. The summed E-state index contributed by atoms with van der Waals surface area (Å²) in [6, 6.07) is -0.849. The molecule has 1 amide bonds. The van der Waals surface area contributed by atoms with Crippen molar-refractivity contribution >= 4 is 13.7 Å². The molecule has 0 saturated heterocycles. The topological polar surface area (TPSA) is 105 Å². The van der Waals surface area contributed by atoms with Gasteiger partial charge in [-0.05, 0) is 64.2 Å². The highest BCUT2D eigenvalue weighted by Crippen LogP contribution is 2.43. The van der Waals surface area contributed by atoms with E-state index >= 15 is 0 Å². The predicted octanol–water partition coefficient (Wildman–Crippen LogP) is 26.1. The summed E-state index contributed by atoms with van der Waals surface area (Å²) in [5.41, 5.74) is 0. The van der Waals surface area contributed by atoms with E-state index < -0.39 is 20.0 Å². The quantitative estimate of drug-likeness (QED) is 0.0243. The number of phosphoric ester groups is 1. The number of phosphoric acid groups is 1. The van der Waals surface area contributed by atoms with Crippen LogP contribution >= 0.6 is 7.82 Å². The Balaban J connectivity index is 3.95. The molecule has 534 valence electrons. The largest absolute Gasteiger partial charge is 0.472 e. The maximum atomic E-state index is 13.1. The van der Waals surface area contributed by atoms with E-state index in [1.165, 1.54) is 302 Å². The first-order valence-corrected chi connectivity index (χ1v) is 41.3. The van der Waals surface area contributed by atoms with Crippen LogP contribution in [0, 0.1) is 0 Å². The molecule has 9 heteroatoms. The molecule has 0 heterocycles. The summed E-state index contributed by atoms with van der Waals surface area (Å²) in [5.74, 6) is -0.169. The predicted molar refractivity (Wildman–Crippen MR) is 401 cm³/mol. The van der Waals surface area contributed by atoms with E-state index in [4.69, 9.17) is 9.05 Å². The molecular formula is C82H156N2O6P+. The zero-order valence-electron chi connectivity index (χ0n) is 61.3. The molecule has 0 spiro atoms. The van der Waals surface area contributed by atoms with E-state index in [9.17, 15) is 19.4 Å². The van der Waals surface area contributed by atoms with Crippen molar-refractivity contribution in [3.8, 4) is 0 Å². The molecule has 0 fully saturated rings. The van der Waals surface area contributed by atoms with Gasteiger partial charge in [0.05, 0.1) is 39.9 Å². The molecule has 3 unspecified atom stereocenters. The van der Waals surface area contributed by atoms with E-state index in [1.54, 1.807) is 6.08 Å². The first-order valence-electron chi connectivity index (χ1n) is 39.8. The van der Waals surface area contributed by atoms with Crippen molar-refractivity contribution in [2.75, 3.05) is 40.9 Å². The maximum absolute atomic E-state index is 13.1. The SMILES string of the molecule is CC/C=C\C/C=C\C/C=C\C/C=C\C/C=C\CCCCCCCCCCCCCCCCCCCCCCCCCC(=O)NC(COP(=O)(O)OCC[N+](C)(C)C)C(O)/C=C/CCCCCCCCCCCCCCCCCCCCCCCCCCCCCC. The third kappa shape index (κ3) is 75.2. The van der Waals surface area contributed by atoms with E-state index in [1.807, 2.05) is 27.2 Å². The van der Waals surface area contributed by atoms with Crippen molar-refractivity contribution in [2.24, 2.45) is 0 Å². The van der Waals surface area contributed by atoms with Crippen LogP contribution in [0.3, 0.4) is 0 Å². The molecule has 8 nitrogen and oxygen atoms in total. The Hall–Kier alpha value is -2.06. The van der Waals surface area contributed by atoms with E-state index in [-0.39, 0.29) is 19.1 Å². The monoisotopic (exact) mass is 1300 g/mol. The fourth-order valence-corrected chi connectivity index (χ4v) is 12.8. The minimum Gasteiger partial charge on any atom is -0.387 e. The minimum absolute atomic E-state index is 0.0625. The zero-order valence-corrected chi connectivity index (χ0v) is 62.2. The summed E-state index contributed by atoms with van der Waals surface area (Å²) < 4.78 is 23.9. The first kappa shape index (κ1) is 88.9. The second-order valence-electron chi connectivity index (χ2n) is 28.4. The number of aliphatic hydroxyl groups is 1. The van der Waals surface area contributed by atoms with Crippen LogP contribution in [0.4, 0.5) is 0 Å². The second-order valence-corrected chi connectivity index (χ2v) is 29.9. The highest BCUT2D eigenvalue weighted by Gasteiger charge is 2.28. The fourth-order valence-electron chi connectivity index (χ4n) is 12.1. The number of carbonyl (C=O) groups is 1. The summed E-state index contributed by atoms with van der Waals surface area (Å²) in [6.07, 6.45) is 102. The highest BCUT2D eigenvalue weighted by molar-refractivity contribution is 7.47. The van der Waals surface area contributed by atoms with Crippen molar-refractivity contribution in [1.29, 1.82) is 0 Å². The number of unbranched alkanes of at least 4 members (excludes halogenated alkanes) is 51. The molecule has 0 bridgehead atoms. The Morgan fingerprint density at radius 2 is 0.659 bits per heavy atom. The number of rotatable bonds is 74. The number of nitrogens with zero attached hydrogens (tertiary/aromatic N) is 1. The molecule has 3 N–H and O–H groups in total. The molecule has 0 aromatic heterocycles. The number of aliphatic hydroxyl groups excluding tert-OH is 1. The molecule has 3 atom stereocenters. The summed E-state index contributed by atoms with van der Waals surface area (Å²) in [7, 11) is 1.59. The average molecular weight is 1300 g/mol. The molecule has 0 aromatic rings. The molecule has 0 aliphatic heterocycles. The van der Waals surface area contributed by atoms with Crippen molar-refractivity contribution in [1.82, 2.24) is 5.32 Å². The highest BCUT2D eigenvalue weighted by atomic mass is 31.2. The second kappa shape index (κ2) is 72.2. The van der Waals surface area contributed by atoms with Gasteiger partial charge in [-0.15, -0.1) is 0 Å². The van der Waals surface area contributed by atoms with Crippen LogP contribution < -0.4 is 5.32 Å². The number of amides is 1. The van der Waals surface area contributed by atoms with Crippen LogP contribution in [0.25, 0.3) is 0 Å². The standard InChI is InChI=1S/C82H155N2O6P/c1-6-8-10-12-14-16-18-20-22-24-26-28-30-32-34-36-38-39-40-41-42-43-44-45-46-48-50-52-54-56-58-60-62-64-66-68-70-72-74-76-82(86)83-80(79-90-91(87,88)89-78-77-84(3,4)5)81(85)75-73-71-69-67-65-63-61-59-57-55-53-51-49-47-37-35-33-31-29-27-25-23-21-19-17-15-13-11-9-7-2/h8,10,14,16,20,22,26,28,32,34,73,75,80-81,85H,6-7,9,11-13,15,17-19,21,23-25,27,29-31,33,35-72,74,76-79H2,1-5H3,(H-,83,86,87,88)/p+1/b10-8-,16-14-,22-20-,28-26-,34-32-,75-73+. The Morgan fingerprint density at radius 3 is 0.967 bits per heavy atom. The number of hydrogen-bond acceptors (Lipinski definition) is 5. The molecule has 0 radical (unpaired) electrons. The first-order chi connectivity index (χ1) is 44.5. The summed E-state index contributed by atoms with van der Waals surface area (Å²) in [5, 5.41) is 14.1. The van der Waals surface area contributed by atoms with Crippen LogP contribution in [-0.4, -0.2) is 73.4 Å². The van der Waals surface area contributed by atoms with Gasteiger partial charge in [0.1, 0.15) is 13.2 Å². The average Bonchev–Trinajstić information content (AvgIpc) is 3.58. The molecular weight excluding hydrogens is 1140 g/mol. The third-order valence-electron chi connectivity index (χ3n) is 18.2. The van der Waals surface area contributed by atoms with Crippen LogP contribution in [0.15, 0.2) is 72.9 Å². The normalized spacial score (nSPS) is 13.9. The lowest BCUT2D eigenvalue weighted by Gasteiger charge is -2.25. The van der Waals surface area contributed by atoms with Crippen LogP contribution in [0.5, 0.6) is 0 Å². The lowest BCUT2D eigenvalue weighted by atomic mass is 10.0. The van der Waals surface area contributed by atoms with Crippen molar-refractivity contribution in [2.45, 2.75) is 405 Å². The summed E-state index contributed by atoms with van der Waals surface area (Å²) >= 11 is 0. The van der Waals surface area contributed by atoms with E-state index in [0.717, 1.165) is 70.6 Å². The number of quaternary nitrogens is 1. The lowest BCUT2D eigenvalue weighted by Crippen LogP contribution is -2.45. The van der Waals surface area contributed by atoms with E-state index in [2.05, 4.69) is 79.9 Å². The number of nitrogens with one attached hydrogen (secondary N) is 1. The van der Waals surface area contributed by atoms with Gasteiger partial charge >= 0.3 is 7.82 Å². The maximum Gasteiger partial charge on any atom is 0.472 e. The molecule has 91 heavy (non-hydrogen) atoms. The van der Waals surface area contributed by atoms with Gasteiger partial charge in [-0.25, -0.2) is 4.57 Å². The Bertz CT molecular complexity index is 1720. The van der Waals surface area contributed by atoms with Gasteiger partial charge in [-0.2, -0.15) is 0 Å². The van der Waals surface area contributed by atoms with Gasteiger partial charge < -0.3 is 19.8 Å². The van der Waals surface area contributed by atoms with Crippen LogP contribution in [0.2, 0.25) is 0 Å². The Kier molecular flexibility index (Phi) is 70.6. The number of allylic oxidation sites excluding steroid dienone is 11. The third-order valence-corrected chi connectivity index (χ3v) is 19.2. The van der Waals surface area contributed by atoms with Gasteiger partial charge in [-0.3, -0.25) is 13.8 Å². The number of likely N-dealkylation sites (N-methyl/N-ethyl adjacent to an activating group) is 1. The minimum atomic E-state index is -4.36. The summed E-state index contributed by atoms with van der Waals surface area (Å²) in [4.78, 5) is 23.5. The van der Waals surface area contributed by atoms with Gasteiger partial charge in [0.2, 0.25) is 5.91 Å². The molecule has 0 aliphatic rings. The molecule has 0 saturated carbocycles. The van der Waals surface area contributed by atoms with Gasteiger partial charge in [0.25, 0.3) is 0 Å². The zero-order chi connectivity index (χ0) is 66.2.